The average Bonchev–Trinajstić information content (AvgIpc) is 3.14. The number of carbonyl (C=O) groups is 3. The molecule has 1 N–H and O–H groups in total. The molecule has 0 atom stereocenters. The van der Waals surface area contributed by atoms with Crippen LogP contribution in [0.2, 0.25) is 0 Å². The summed E-state index contributed by atoms with van der Waals surface area (Å²) in [6, 6.07) is 0. The third-order valence-electron chi connectivity index (χ3n) is 3.71. The molecule has 0 aromatic carbocycles. The summed E-state index contributed by atoms with van der Waals surface area (Å²) in [6.07, 6.45) is 0.515. The predicted molar refractivity (Wildman–Crippen MR) is 103 cm³/mol. The maximum absolute atomic E-state index is 12.7. The van der Waals surface area contributed by atoms with E-state index >= 15 is 0 Å². The number of aryl methyl sites for hydroxylation is 1. The Kier molecular flexibility index (Phi) is 6.69. The van der Waals surface area contributed by atoms with E-state index in [1.165, 1.54) is 14.0 Å². The van der Waals surface area contributed by atoms with Gasteiger partial charge in [-0.05, 0) is 33.3 Å². The minimum Gasteiger partial charge on any atom is -0.462 e. The average molecular weight is 424 g/mol. The highest BCUT2D eigenvalue weighted by Gasteiger charge is 2.31. The molecule has 29 heavy (non-hydrogen) atoms. The van der Waals surface area contributed by atoms with Gasteiger partial charge in [-0.1, -0.05) is 0 Å². The van der Waals surface area contributed by atoms with E-state index in [1.807, 2.05) is 0 Å². The van der Waals surface area contributed by atoms with E-state index in [0.29, 0.717) is 0 Å². The number of thiophene rings is 1. The lowest BCUT2D eigenvalue weighted by molar-refractivity contribution is -0.385. The predicted octanol–water partition coefficient (Wildman–Crippen LogP) is 2.69. The molecule has 2 aromatic rings. The molecule has 2 aromatic heterocycles. The van der Waals surface area contributed by atoms with Crippen LogP contribution in [0.4, 0.5) is 10.7 Å². The van der Waals surface area contributed by atoms with Gasteiger partial charge in [-0.3, -0.25) is 19.6 Å². The Morgan fingerprint density at radius 1 is 1.34 bits per heavy atom. The fourth-order valence-corrected chi connectivity index (χ4v) is 3.58. The van der Waals surface area contributed by atoms with Gasteiger partial charge in [0.25, 0.3) is 5.91 Å². The lowest BCUT2D eigenvalue weighted by Crippen LogP contribution is -2.19. The van der Waals surface area contributed by atoms with Crippen molar-refractivity contribution in [2.24, 2.45) is 7.05 Å². The lowest BCUT2D eigenvalue weighted by atomic mass is 10.1. The van der Waals surface area contributed by atoms with E-state index in [4.69, 9.17) is 9.47 Å². The van der Waals surface area contributed by atoms with Crippen molar-refractivity contribution >= 4 is 39.9 Å². The van der Waals surface area contributed by atoms with Crippen molar-refractivity contribution in [3.8, 4) is 0 Å². The fourth-order valence-electron chi connectivity index (χ4n) is 2.50. The van der Waals surface area contributed by atoms with Crippen molar-refractivity contribution in [3.05, 3.63) is 38.0 Å². The topological polar surface area (TPSA) is 143 Å². The maximum Gasteiger partial charge on any atom is 0.348 e. The van der Waals surface area contributed by atoms with Gasteiger partial charge in [0.05, 0.1) is 23.2 Å². The van der Waals surface area contributed by atoms with Gasteiger partial charge in [0, 0.05) is 7.05 Å². The van der Waals surface area contributed by atoms with Gasteiger partial charge in [0.15, 0.2) is 0 Å². The standard InChI is InChI=1S/C17H20N4O7S/c1-6-27-17(24)13-9(4)11(16(23)28-8(2)3)15(29-13)19-14(22)12-10(21(25)26)7-18-20(12)5/h7-8H,6H2,1-5H3,(H,19,22). The second kappa shape index (κ2) is 8.82. The molecule has 0 aliphatic rings. The minimum atomic E-state index is -0.855. The number of carbonyl (C=O) groups excluding carboxylic acids is 3. The first-order chi connectivity index (χ1) is 13.6. The van der Waals surface area contributed by atoms with Gasteiger partial charge >= 0.3 is 17.6 Å². The van der Waals surface area contributed by atoms with Gasteiger partial charge in [-0.25, -0.2) is 9.59 Å². The van der Waals surface area contributed by atoms with Crippen LogP contribution in [0, 0.1) is 17.0 Å². The second-order valence-electron chi connectivity index (χ2n) is 6.15. The molecule has 2 rings (SSSR count). The number of nitro groups is 1. The number of ether oxygens (including phenoxy) is 2. The van der Waals surface area contributed by atoms with Gasteiger partial charge < -0.3 is 14.8 Å². The number of nitrogens with one attached hydrogen (secondary N) is 1. The number of aromatic nitrogens is 2. The first kappa shape index (κ1) is 22.0. The molecular formula is C17H20N4O7S. The highest BCUT2D eigenvalue weighted by molar-refractivity contribution is 7.18. The molecule has 0 saturated carbocycles. The zero-order chi connectivity index (χ0) is 21.9. The van der Waals surface area contributed by atoms with Crippen LogP contribution in [0.1, 0.15) is 56.9 Å². The molecule has 0 fully saturated rings. The van der Waals surface area contributed by atoms with Gasteiger partial charge in [0.1, 0.15) is 16.1 Å². The first-order valence-electron chi connectivity index (χ1n) is 8.57. The smallest absolute Gasteiger partial charge is 0.348 e. The van der Waals surface area contributed by atoms with Crippen molar-refractivity contribution in [2.75, 3.05) is 11.9 Å². The Labute approximate surface area is 169 Å². The lowest BCUT2D eigenvalue weighted by Gasteiger charge is -2.10. The summed E-state index contributed by atoms with van der Waals surface area (Å²) in [6.45, 7) is 6.61. The van der Waals surface area contributed by atoms with Crippen LogP contribution in [0.5, 0.6) is 0 Å². The summed E-state index contributed by atoms with van der Waals surface area (Å²) in [5, 5.41) is 17.4. The fraction of sp³-hybridized carbons (Fsp3) is 0.412. The Morgan fingerprint density at radius 3 is 2.55 bits per heavy atom. The van der Waals surface area contributed by atoms with Gasteiger partial charge in [0.2, 0.25) is 5.69 Å². The molecule has 1 amide bonds. The van der Waals surface area contributed by atoms with Gasteiger partial charge in [-0.2, -0.15) is 5.10 Å². The number of hydrogen-bond donors (Lipinski definition) is 1. The van der Waals surface area contributed by atoms with Crippen molar-refractivity contribution in [1.29, 1.82) is 0 Å². The van der Waals surface area contributed by atoms with Crippen LogP contribution >= 0.6 is 11.3 Å². The second-order valence-corrected chi connectivity index (χ2v) is 7.17. The summed E-state index contributed by atoms with van der Waals surface area (Å²) in [4.78, 5) is 48.0. The van der Waals surface area contributed by atoms with E-state index in [1.54, 1.807) is 20.8 Å². The number of esters is 2. The first-order valence-corrected chi connectivity index (χ1v) is 9.39. The number of amides is 1. The number of nitrogens with zero attached hydrogens (tertiary/aromatic N) is 3. The zero-order valence-corrected chi connectivity index (χ0v) is 17.3. The Bertz CT molecular complexity index is 977. The number of anilines is 1. The molecule has 0 saturated heterocycles. The van der Waals surface area contributed by atoms with E-state index in [2.05, 4.69) is 10.4 Å². The zero-order valence-electron chi connectivity index (χ0n) is 16.5. The van der Waals surface area contributed by atoms with Crippen molar-refractivity contribution in [1.82, 2.24) is 9.78 Å². The third kappa shape index (κ3) is 4.59. The van der Waals surface area contributed by atoms with Crippen LogP contribution in [0.3, 0.4) is 0 Å². The van der Waals surface area contributed by atoms with Crippen LogP contribution in [0.15, 0.2) is 6.20 Å². The SMILES string of the molecule is CCOC(=O)c1sc(NC(=O)c2c([N+](=O)[O-])cnn2C)c(C(=O)OC(C)C)c1C. The number of hydrogen-bond acceptors (Lipinski definition) is 9. The van der Waals surface area contributed by atoms with E-state index in [9.17, 15) is 24.5 Å². The van der Waals surface area contributed by atoms with Crippen LogP contribution < -0.4 is 5.32 Å². The highest BCUT2D eigenvalue weighted by atomic mass is 32.1. The molecule has 2 heterocycles. The molecule has 156 valence electrons. The monoisotopic (exact) mass is 424 g/mol. The largest absolute Gasteiger partial charge is 0.462 e. The van der Waals surface area contributed by atoms with Crippen LogP contribution in [-0.2, 0) is 16.5 Å². The molecule has 0 aliphatic heterocycles. The quantitative estimate of drug-likeness (QED) is 0.406. The van der Waals surface area contributed by atoms with E-state index in [0.717, 1.165) is 22.2 Å². The van der Waals surface area contributed by atoms with E-state index in [-0.39, 0.29) is 33.3 Å². The molecule has 0 unspecified atom stereocenters. The van der Waals surface area contributed by atoms with Crippen LogP contribution in [0.25, 0.3) is 0 Å². The third-order valence-corrected chi connectivity index (χ3v) is 4.90. The molecule has 11 nitrogen and oxygen atoms in total. The Morgan fingerprint density at radius 2 is 2.00 bits per heavy atom. The molecule has 0 aliphatic carbocycles. The van der Waals surface area contributed by atoms with Crippen molar-refractivity contribution < 1.29 is 28.8 Å². The van der Waals surface area contributed by atoms with E-state index < -0.39 is 34.6 Å². The summed E-state index contributed by atoms with van der Waals surface area (Å²) < 4.78 is 11.2. The van der Waals surface area contributed by atoms with Crippen LogP contribution in [-0.4, -0.2) is 45.3 Å². The highest BCUT2D eigenvalue weighted by Crippen LogP contribution is 2.35. The summed E-state index contributed by atoms with van der Waals surface area (Å²) in [5.41, 5.74) is -0.518. The summed E-state index contributed by atoms with van der Waals surface area (Å²) >= 11 is 0.828. The Balaban J connectivity index is 2.50. The maximum atomic E-state index is 12.7. The van der Waals surface area contributed by atoms with Crippen molar-refractivity contribution in [3.63, 3.8) is 0 Å². The molecule has 0 spiro atoms. The summed E-state index contributed by atoms with van der Waals surface area (Å²) in [5.74, 6) is -2.24. The van der Waals surface area contributed by atoms with Gasteiger partial charge in [-0.15, -0.1) is 11.3 Å². The van der Waals surface area contributed by atoms with Crippen molar-refractivity contribution in [2.45, 2.75) is 33.8 Å². The minimum absolute atomic E-state index is 0.00933. The molecule has 0 bridgehead atoms. The molecule has 12 heteroatoms. The normalized spacial score (nSPS) is 10.7. The number of rotatable bonds is 7. The molecular weight excluding hydrogens is 404 g/mol. The molecule has 0 radical (unpaired) electrons. The Hall–Kier alpha value is -3.28. The summed E-state index contributed by atoms with van der Waals surface area (Å²) in [7, 11) is 1.37.